The summed E-state index contributed by atoms with van der Waals surface area (Å²) >= 11 is 0. The van der Waals surface area contributed by atoms with Crippen molar-refractivity contribution in [3.05, 3.63) is 79.4 Å². The smallest absolute Gasteiger partial charge is 0.374 e. The molecule has 2 aliphatic carbocycles. The Kier molecular flexibility index (Phi) is 19.2. The number of urea groups is 1. The largest absolute Gasteiger partial charge is 0.419 e. The Morgan fingerprint density at radius 1 is 1.13 bits per heavy atom. The summed E-state index contributed by atoms with van der Waals surface area (Å²) in [5, 5.41) is 5.35. The highest BCUT2D eigenvalue weighted by Gasteiger charge is 2.52. The zero-order valence-corrected chi connectivity index (χ0v) is 36.2. The highest BCUT2D eigenvalue weighted by molar-refractivity contribution is 7.91. The predicted octanol–water partition coefficient (Wildman–Crippen LogP) is 7.55. The third-order valence-corrected chi connectivity index (χ3v) is 12.3. The number of alkyl halides is 3. The number of allylic oxidation sites excluding steroid dienone is 3. The summed E-state index contributed by atoms with van der Waals surface area (Å²) in [5.41, 5.74) is 4.53. The van der Waals surface area contributed by atoms with Crippen LogP contribution in [0.15, 0.2) is 73.1 Å². The first kappa shape index (κ1) is 51.1. The molecule has 60 heavy (non-hydrogen) atoms. The zero-order valence-electron chi connectivity index (χ0n) is 35.4. The minimum atomic E-state index is -4.83. The van der Waals surface area contributed by atoms with Gasteiger partial charge in [-0.25, -0.2) is 22.6 Å². The van der Waals surface area contributed by atoms with Crippen molar-refractivity contribution in [3.8, 4) is 0 Å². The van der Waals surface area contributed by atoms with Crippen LogP contribution < -0.4 is 21.1 Å². The van der Waals surface area contributed by atoms with Crippen molar-refractivity contribution in [3.63, 3.8) is 0 Å². The molecule has 1 aromatic rings. The number of amidine groups is 1. The Balaban J connectivity index is 0.000000298. The molecule has 0 aromatic heterocycles. The Bertz CT molecular complexity index is 1900. The number of sulfonamides is 1. The van der Waals surface area contributed by atoms with Gasteiger partial charge < -0.3 is 21.3 Å². The molecule has 5 rings (SSSR count). The molecule has 13 nitrogen and oxygen atoms in total. The van der Waals surface area contributed by atoms with Crippen LogP contribution in [0.1, 0.15) is 105 Å². The van der Waals surface area contributed by atoms with E-state index in [-0.39, 0.29) is 35.5 Å². The minimum absolute atomic E-state index is 0.0422. The molecule has 0 spiro atoms. The van der Waals surface area contributed by atoms with Gasteiger partial charge in [-0.2, -0.15) is 13.2 Å². The molecule has 334 valence electrons. The van der Waals surface area contributed by atoms with E-state index in [2.05, 4.69) is 47.0 Å². The van der Waals surface area contributed by atoms with Crippen LogP contribution in [0.3, 0.4) is 0 Å². The Hall–Kier alpha value is -5.00. The number of rotatable bonds is 14. The zero-order chi connectivity index (χ0) is 45.6. The fourth-order valence-electron chi connectivity index (χ4n) is 6.17. The fourth-order valence-corrected chi connectivity index (χ4v) is 7.47. The second-order valence-electron chi connectivity index (χ2n) is 15.3. The summed E-state index contributed by atoms with van der Waals surface area (Å²) in [6, 6.07) is 0.764. The van der Waals surface area contributed by atoms with Crippen molar-refractivity contribution >= 4 is 45.3 Å². The van der Waals surface area contributed by atoms with E-state index in [1.54, 1.807) is 17.9 Å². The summed E-state index contributed by atoms with van der Waals surface area (Å²) in [6.07, 6.45) is 10.4. The van der Waals surface area contributed by atoms with Gasteiger partial charge in [0.1, 0.15) is 17.9 Å². The molecule has 0 radical (unpaired) electrons. The Morgan fingerprint density at radius 3 is 2.27 bits per heavy atom. The number of anilines is 1. The number of nitrogens with zero attached hydrogens (tertiary/aromatic N) is 3. The minimum Gasteiger partial charge on any atom is -0.374 e. The van der Waals surface area contributed by atoms with Gasteiger partial charge in [-0.05, 0) is 104 Å². The summed E-state index contributed by atoms with van der Waals surface area (Å²) in [7, 11) is -3.46. The number of hydrogen-bond donors (Lipinski definition) is 4. The summed E-state index contributed by atoms with van der Waals surface area (Å²) in [6.45, 7) is 22.2. The van der Waals surface area contributed by atoms with Crippen LogP contribution >= 0.6 is 0 Å². The average molecular weight is 868 g/mol. The third kappa shape index (κ3) is 14.3. The van der Waals surface area contributed by atoms with Gasteiger partial charge in [-0.15, -0.1) is 13.2 Å². The number of carbonyl (C=O) groups is 4. The molecule has 3 unspecified atom stereocenters. The average Bonchev–Trinajstić information content (AvgIpc) is 4.05. The van der Waals surface area contributed by atoms with E-state index in [4.69, 9.17) is 5.73 Å². The van der Waals surface area contributed by atoms with Crippen LogP contribution in [-0.4, -0.2) is 77.2 Å². The van der Waals surface area contributed by atoms with Gasteiger partial charge in [0.2, 0.25) is 27.7 Å². The summed E-state index contributed by atoms with van der Waals surface area (Å²) < 4.78 is 76.3. The number of unbranched alkanes of at least 4 members (excludes halogenated alkanes) is 3. The van der Waals surface area contributed by atoms with Gasteiger partial charge in [0.25, 0.3) is 0 Å². The molecule has 18 heteroatoms. The maximum atomic E-state index is 13.3. The molecule has 2 aliphatic heterocycles. The Morgan fingerprint density at radius 2 is 1.78 bits per heavy atom. The molecule has 4 atom stereocenters. The van der Waals surface area contributed by atoms with Gasteiger partial charge in [0.15, 0.2) is 5.84 Å². The lowest BCUT2D eigenvalue weighted by atomic mass is 10.1. The maximum Gasteiger partial charge on any atom is 0.419 e. The predicted molar refractivity (Wildman–Crippen MR) is 226 cm³/mol. The third-order valence-electron chi connectivity index (χ3n) is 10.2. The first-order chi connectivity index (χ1) is 28.0. The second kappa shape index (κ2) is 22.6. The van der Waals surface area contributed by atoms with Gasteiger partial charge >= 0.3 is 12.2 Å². The van der Waals surface area contributed by atoms with Crippen molar-refractivity contribution in [2.75, 3.05) is 11.9 Å². The SMILES string of the molecule is C=CC1CC1C(=O)NS(=O)(=O)C1(C)CC1.C=CCCCCC.C=CN=C1/C(=C\C)NC(=O)N1C(C)C.C[C@H](Nc1ccc(F)c(C(F)(F)F)c1)C(=O)N1CCCC1C(N)=O. The number of primary amides is 1. The topological polar surface area (TPSA) is 183 Å². The van der Waals surface area contributed by atoms with E-state index in [1.165, 1.54) is 43.7 Å². The maximum absolute atomic E-state index is 13.3. The van der Waals surface area contributed by atoms with Crippen LogP contribution in [0.5, 0.6) is 0 Å². The lowest BCUT2D eigenvalue weighted by Gasteiger charge is -2.26. The van der Waals surface area contributed by atoms with Crippen LogP contribution in [-0.2, 0) is 30.6 Å². The molecule has 4 aliphatic rings. The molecule has 0 bridgehead atoms. The lowest BCUT2D eigenvalue weighted by Crippen LogP contribution is -2.48. The normalized spacial score (nSPS) is 21.9. The number of aliphatic imine (C=N–C) groups is 1. The molecule has 2 heterocycles. The standard InChI is InChI=1S/C15H17F4N3O2.C10H15N3O.C10H15NO3S.C7H14/c1-8(14(24)22-6-2-3-12(22)13(20)23)21-9-4-5-11(16)10(7-9)15(17,18)19;1-5-8-9(11-6-2)13(7(3)4)10(14)12-8;1-3-7-6-8(7)9(12)11-15(13,14)10(2)4-5-10;1-3-5-7-6-4-2/h4-5,7-8,12,21H,2-3,6H2,1H3,(H2,20,23);5-7H,2H2,1,3-4H3,(H,12,14);3,7-8H,1,4-6H2,2H3,(H,11,12);3H,1,4-7H2,2H3/b;8-5+,11-9?;;/t8-,12?;;;/m0.../s1. The van der Waals surface area contributed by atoms with Crippen molar-refractivity contribution in [2.45, 2.75) is 128 Å². The van der Waals surface area contributed by atoms with Crippen LogP contribution in [0.4, 0.5) is 28.0 Å². The monoisotopic (exact) mass is 867 g/mol. The van der Waals surface area contributed by atoms with Crippen molar-refractivity contribution in [2.24, 2.45) is 22.6 Å². The first-order valence-corrected chi connectivity index (χ1v) is 21.5. The molecule has 2 saturated heterocycles. The van der Waals surface area contributed by atoms with Crippen LogP contribution in [0.25, 0.3) is 0 Å². The van der Waals surface area contributed by atoms with Crippen molar-refractivity contribution in [1.29, 1.82) is 0 Å². The van der Waals surface area contributed by atoms with E-state index in [1.807, 2.05) is 32.9 Å². The van der Waals surface area contributed by atoms with E-state index in [9.17, 15) is 45.2 Å². The highest BCUT2D eigenvalue weighted by Crippen LogP contribution is 2.44. The van der Waals surface area contributed by atoms with Crippen LogP contribution in [0.2, 0.25) is 0 Å². The number of nitrogens with one attached hydrogen (secondary N) is 3. The molecular formula is C42H61F4N7O6S. The first-order valence-electron chi connectivity index (χ1n) is 20.0. The van der Waals surface area contributed by atoms with Crippen molar-refractivity contribution in [1.82, 2.24) is 19.8 Å². The molecular weight excluding hydrogens is 807 g/mol. The highest BCUT2D eigenvalue weighted by atomic mass is 32.2. The number of carbonyl (C=O) groups excluding carboxylic acids is 4. The number of benzene rings is 1. The molecule has 5 N–H and O–H groups in total. The molecule has 4 fully saturated rings. The summed E-state index contributed by atoms with van der Waals surface area (Å²) in [5.74, 6) is -2.20. The van der Waals surface area contributed by atoms with Crippen LogP contribution in [0, 0.1) is 17.7 Å². The van der Waals surface area contributed by atoms with Gasteiger partial charge in [-0.1, -0.05) is 44.6 Å². The van der Waals surface area contributed by atoms with Gasteiger partial charge in [0.05, 0.1) is 16.0 Å². The molecule has 2 saturated carbocycles. The quantitative estimate of drug-likeness (QED) is 0.0846. The van der Waals surface area contributed by atoms with Gasteiger partial charge in [-0.3, -0.25) is 24.0 Å². The van der Waals surface area contributed by atoms with E-state index in [0.717, 1.165) is 18.2 Å². The molecule has 1 aromatic carbocycles. The Labute approximate surface area is 351 Å². The van der Waals surface area contributed by atoms with Crippen molar-refractivity contribution < 1.29 is 45.2 Å². The fraction of sp³-hybridized carbons (Fsp3) is 0.548. The number of halogens is 4. The lowest BCUT2D eigenvalue weighted by molar-refractivity contribution is -0.140. The second-order valence-corrected chi connectivity index (χ2v) is 17.5. The number of nitrogens with two attached hydrogens (primary N) is 1. The van der Waals surface area contributed by atoms with E-state index >= 15 is 0 Å². The van der Waals surface area contributed by atoms with Gasteiger partial charge in [0, 0.05) is 30.4 Å². The van der Waals surface area contributed by atoms with E-state index < -0.39 is 56.2 Å². The number of amides is 5. The number of likely N-dealkylation sites (tertiary alicyclic amines) is 1. The summed E-state index contributed by atoms with van der Waals surface area (Å²) in [4.78, 5) is 53.8. The molecule has 5 amide bonds. The number of hydrogen-bond acceptors (Lipinski definition) is 8. The van der Waals surface area contributed by atoms with E-state index in [0.29, 0.717) is 50.2 Å².